The normalized spacial score (nSPS) is 12.0. The van der Waals surface area contributed by atoms with Gasteiger partial charge in [0.2, 0.25) is 21.8 Å². The van der Waals surface area contributed by atoms with Crippen LogP contribution in [-0.2, 0) is 19.6 Å². The highest BCUT2D eigenvalue weighted by molar-refractivity contribution is 7.92. The molecule has 2 aromatic carbocycles. The quantitative estimate of drug-likeness (QED) is 0.689. The topological polar surface area (TPSA) is 105 Å². The van der Waals surface area contributed by atoms with E-state index in [4.69, 9.17) is 16.3 Å². The molecule has 10 heteroatoms. The van der Waals surface area contributed by atoms with Crippen molar-refractivity contribution in [3.05, 3.63) is 47.5 Å². The maximum Gasteiger partial charge on any atom is 0.247 e. The highest BCUT2D eigenvalue weighted by atomic mass is 35.5. The molecule has 0 heterocycles. The fourth-order valence-electron chi connectivity index (χ4n) is 2.73. The Morgan fingerprint density at radius 2 is 1.72 bits per heavy atom. The van der Waals surface area contributed by atoms with Crippen molar-refractivity contribution in [2.24, 2.45) is 0 Å². The van der Waals surface area contributed by atoms with Crippen molar-refractivity contribution in [3.8, 4) is 5.75 Å². The summed E-state index contributed by atoms with van der Waals surface area (Å²) in [5.74, 6) is -0.417. The van der Waals surface area contributed by atoms with Gasteiger partial charge in [-0.2, -0.15) is 0 Å². The first-order valence-electron chi connectivity index (χ1n) is 8.54. The summed E-state index contributed by atoms with van der Waals surface area (Å²) in [6, 6.07) is 9.91. The number of amides is 2. The third-order valence-corrected chi connectivity index (χ3v) is 5.47. The number of ether oxygens (including phenoxy) is 1. The lowest BCUT2D eigenvalue weighted by molar-refractivity contribution is -0.117. The fourth-order valence-corrected chi connectivity index (χ4v) is 4.14. The van der Waals surface area contributed by atoms with Crippen LogP contribution in [0.4, 0.5) is 17.1 Å². The first-order chi connectivity index (χ1) is 13.5. The van der Waals surface area contributed by atoms with Crippen molar-refractivity contribution in [2.75, 3.05) is 28.3 Å². The number of nitrogens with one attached hydrogen (secondary N) is 2. The van der Waals surface area contributed by atoms with Crippen LogP contribution in [-0.4, -0.2) is 39.6 Å². The number of carbonyl (C=O) groups is 2. The van der Waals surface area contributed by atoms with Gasteiger partial charge < -0.3 is 15.4 Å². The van der Waals surface area contributed by atoms with Gasteiger partial charge in [-0.15, -0.1) is 0 Å². The number of halogens is 1. The highest BCUT2D eigenvalue weighted by Crippen LogP contribution is 2.31. The molecule has 0 saturated carbocycles. The largest absolute Gasteiger partial charge is 0.495 e. The Labute approximate surface area is 174 Å². The molecule has 2 aromatic rings. The maximum atomic E-state index is 12.8. The monoisotopic (exact) mass is 439 g/mol. The average Bonchev–Trinajstić information content (AvgIpc) is 2.60. The summed E-state index contributed by atoms with van der Waals surface area (Å²) in [4.78, 5) is 23.9. The molecule has 29 heavy (non-hydrogen) atoms. The van der Waals surface area contributed by atoms with Gasteiger partial charge in [-0.05, 0) is 43.3 Å². The van der Waals surface area contributed by atoms with E-state index in [9.17, 15) is 18.0 Å². The molecule has 0 radical (unpaired) electrons. The number of nitrogens with zero attached hydrogens (tertiary/aromatic N) is 1. The van der Waals surface area contributed by atoms with Gasteiger partial charge in [-0.1, -0.05) is 17.7 Å². The third kappa shape index (κ3) is 5.85. The first-order valence-corrected chi connectivity index (χ1v) is 10.8. The van der Waals surface area contributed by atoms with E-state index in [2.05, 4.69) is 10.6 Å². The van der Waals surface area contributed by atoms with Gasteiger partial charge >= 0.3 is 0 Å². The van der Waals surface area contributed by atoms with Gasteiger partial charge in [-0.25, -0.2) is 8.42 Å². The lowest BCUT2D eigenvalue weighted by Gasteiger charge is -2.28. The van der Waals surface area contributed by atoms with Crippen molar-refractivity contribution < 1.29 is 22.7 Å². The molecule has 0 spiro atoms. The minimum atomic E-state index is -3.80. The second kappa shape index (κ2) is 9.15. The number of anilines is 3. The summed E-state index contributed by atoms with van der Waals surface area (Å²) >= 11 is 6.12. The van der Waals surface area contributed by atoms with Gasteiger partial charge in [0.1, 0.15) is 11.8 Å². The number of hydrogen-bond acceptors (Lipinski definition) is 5. The Hall–Kier alpha value is -2.78. The first kappa shape index (κ1) is 22.5. The van der Waals surface area contributed by atoms with Crippen molar-refractivity contribution >= 4 is 50.5 Å². The zero-order valence-electron chi connectivity index (χ0n) is 16.4. The standard InChI is InChI=1S/C19H22ClN3O5S/c1-12(19(25)22-15-7-5-6-14(10-15)21-13(2)24)23(29(4,26)27)16-8-9-18(28-3)17(20)11-16/h5-12H,1-4H3,(H,21,24)(H,22,25)/t12-/m1/s1. The van der Waals surface area contributed by atoms with E-state index in [0.717, 1.165) is 10.6 Å². The molecule has 1 atom stereocenters. The average molecular weight is 440 g/mol. The van der Waals surface area contributed by atoms with Crippen LogP contribution in [0.1, 0.15) is 13.8 Å². The summed E-state index contributed by atoms with van der Waals surface area (Å²) < 4.78 is 30.9. The number of carbonyl (C=O) groups excluding carboxylic acids is 2. The predicted octanol–water partition coefficient (Wildman–Crippen LogP) is 3.10. The minimum Gasteiger partial charge on any atom is -0.495 e. The van der Waals surface area contributed by atoms with Gasteiger partial charge in [-0.3, -0.25) is 13.9 Å². The van der Waals surface area contributed by atoms with Crippen LogP contribution in [0, 0.1) is 0 Å². The van der Waals surface area contributed by atoms with Crippen molar-refractivity contribution in [1.29, 1.82) is 0 Å². The van der Waals surface area contributed by atoms with Gasteiger partial charge in [0.25, 0.3) is 0 Å². The molecule has 0 bridgehead atoms. The zero-order chi connectivity index (χ0) is 21.8. The molecule has 2 amide bonds. The Kier molecular flexibility index (Phi) is 7.10. The van der Waals surface area contributed by atoms with E-state index in [1.165, 1.54) is 39.2 Å². The van der Waals surface area contributed by atoms with E-state index < -0.39 is 22.0 Å². The molecule has 0 unspecified atom stereocenters. The fraction of sp³-hybridized carbons (Fsp3) is 0.263. The number of sulfonamides is 1. The Morgan fingerprint density at radius 3 is 2.24 bits per heavy atom. The Morgan fingerprint density at radius 1 is 1.10 bits per heavy atom. The number of rotatable bonds is 7. The molecule has 0 aliphatic carbocycles. The SMILES string of the molecule is COc1ccc(N([C@H](C)C(=O)Nc2cccc(NC(C)=O)c2)S(C)(=O)=O)cc1Cl. The van der Waals surface area contributed by atoms with Gasteiger partial charge in [0.15, 0.2) is 0 Å². The number of benzene rings is 2. The molecular formula is C19H22ClN3O5S. The molecule has 2 N–H and O–H groups in total. The summed E-state index contributed by atoms with van der Waals surface area (Å²) in [6.45, 7) is 2.84. The molecule has 2 rings (SSSR count). The lowest BCUT2D eigenvalue weighted by Crippen LogP contribution is -2.45. The van der Waals surface area contributed by atoms with Crippen molar-refractivity contribution in [1.82, 2.24) is 0 Å². The van der Waals surface area contributed by atoms with Crippen molar-refractivity contribution in [2.45, 2.75) is 19.9 Å². The van der Waals surface area contributed by atoms with Crippen LogP contribution in [0.2, 0.25) is 5.02 Å². The number of methoxy groups -OCH3 is 1. The molecule has 0 saturated heterocycles. The molecule has 0 aromatic heterocycles. The molecule has 0 fully saturated rings. The van der Waals surface area contributed by atoms with Gasteiger partial charge in [0.05, 0.1) is 24.1 Å². The Balaban J connectivity index is 2.30. The zero-order valence-corrected chi connectivity index (χ0v) is 18.0. The minimum absolute atomic E-state index is 0.217. The summed E-state index contributed by atoms with van der Waals surface area (Å²) in [7, 11) is -2.35. The van der Waals surface area contributed by atoms with Crippen LogP contribution in [0.25, 0.3) is 0 Å². The van der Waals surface area contributed by atoms with Crippen LogP contribution in [0.3, 0.4) is 0 Å². The molecule has 0 aliphatic rings. The van der Waals surface area contributed by atoms with Crippen molar-refractivity contribution in [3.63, 3.8) is 0 Å². The summed E-state index contributed by atoms with van der Waals surface area (Å²) in [5.41, 5.74) is 1.15. The van der Waals surface area contributed by atoms with Gasteiger partial charge in [0, 0.05) is 18.3 Å². The number of hydrogen-bond donors (Lipinski definition) is 2. The van der Waals surface area contributed by atoms with E-state index in [1.54, 1.807) is 24.3 Å². The molecule has 156 valence electrons. The molecule has 0 aliphatic heterocycles. The maximum absolute atomic E-state index is 12.8. The molecular weight excluding hydrogens is 418 g/mol. The second-order valence-corrected chi connectivity index (χ2v) is 8.57. The molecule has 8 nitrogen and oxygen atoms in total. The summed E-state index contributed by atoms with van der Waals surface area (Å²) in [6.07, 6.45) is 1.01. The van der Waals surface area contributed by atoms with Crippen LogP contribution in [0.5, 0.6) is 5.75 Å². The Bertz CT molecular complexity index is 1030. The second-order valence-electron chi connectivity index (χ2n) is 6.30. The van der Waals surface area contributed by atoms with E-state index in [0.29, 0.717) is 17.1 Å². The smallest absolute Gasteiger partial charge is 0.247 e. The van der Waals surface area contributed by atoms with E-state index in [-0.39, 0.29) is 16.6 Å². The summed E-state index contributed by atoms with van der Waals surface area (Å²) in [5, 5.41) is 5.49. The van der Waals surface area contributed by atoms with E-state index in [1.807, 2.05) is 0 Å². The van der Waals surface area contributed by atoms with E-state index >= 15 is 0 Å². The third-order valence-electron chi connectivity index (χ3n) is 3.93. The lowest BCUT2D eigenvalue weighted by atomic mass is 10.2. The predicted molar refractivity (Wildman–Crippen MR) is 114 cm³/mol. The highest BCUT2D eigenvalue weighted by Gasteiger charge is 2.29. The van der Waals surface area contributed by atoms with Crippen LogP contribution < -0.4 is 19.7 Å². The van der Waals surface area contributed by atoms with Crippen LogP contribution in [0.15, 0.2) is 42.5 Å². The van der Waals surface area contributed by atoms with Crippen LogP contribution >= 0.6 is 11.6 Å².